The summed E-state index contributed by atoms with van der Waals surface area (Å²) in [6, 6.07) is 3.47. The van der Waals surface area contributed by atoms with Crippen molar-refractivity contribution in [3.05, 3.63) is 17.0 Å². The maximum Gasteiger partial charge on any atom is 0.252 e. The van der Waals surface area contributed by atoms with Gasteiger partial charge >= 0.3 is 0 Å². The molecule has 2 fully saturated rings. The summed E-state index contributed by atoms with van der Waals surface area (Å²) in [5.74, 6) is -0.344. The Hall–Kier alpha value is -0.960. The molecule has 1 amide bonds. The van der Waals surface area contributed by atoms with Crippen LogP contribution in [0.2, 0.25) is 0 Å². The van der Waals surface area contributed by atoms with Crippen LogP contribution in [0, 0.1) is 12.8 Å². The lowest BCUT2D eigenvalue weighted by molar-refractivity contribution is -0.128. The lowest BCUT2D eigenvalue weighted by Crippen LogP contribution is -2.55. The van der Waals surface area contributed by atoms with Crippen molar-refractivity contribution in [1.82, 2.24) is 9.62 Å². The molecule has 25 heavy (non-hydrogen) atoms. The third-order valence-electron chi connectivity index (χ3n) is 5.40. The van der Waals surface area contributed by atoms with E-state index in [-0.39, 0.29) is 23.9 Å². The summed E-state index contributed by atoms with van der Waals surface area (Å²) in [6.07, 6.45) is 5.43. The van der Waals surface area contributed by atoms with Crippen LogP contribution < -0.4 is 11.1 Å². The van der Waals surface area contributed by atoms with E-state index >= 15 is 0 Å². The molecule has 1 saturated heterocycles. The normalized spacial score (nSPS) is 24.3. The van der Waals surface area contributed by atoms with Crippen molar-refractivity contribution in [2.75, 3.05) is 19.6 Å². The number of hydrogen-bond donors (Lipinski definition) is 2. The number of hydrogen-bond acceptors (Lipinski definition) is 5. The van der Waals surface area contributed by atoms with Crippen molar-refractivity contribution in [3.8, 4) is 0 Å². The molecule has 1 saturated carbocycles. The highest BCUT2D eigenvalue weighted by Crippen LogP contribution is 2.31. The molecule has 140 valence electrons. The maximum absolute atomic E-state index is 12.8. The number of nitrogens with one attached hydrogen (secondary N) is 1. The molecule has 6 nitrogen and oxygen atoms in total. The maximum atomic E-state index is 12.8. The Balaban J connectivity index is 1.69. The predicted molar refractivity (Wildman–Crippen MR) is 98.9 cm³/mol. The summed E-state index contributed by atoms with van der Waals surface area (Å²) >= 11 is 1.28. The van der Waals surface area contributed by atoms with E-state index in [2.05, 4.69) is 5.32 Å². The molecular formula is C17H27N3O3S2. The van der Waals surface area contributed by atoms with E-state index in [0.717, 1.165) is 37.0 Å². The number of nitrogens with zero attached hydrogens (tertiary/aromatic N) is 1. The van der Waals surface area contributed by atoms with Gasteiger partial charge in [0.15, 0.2) is 0 Å². The third kappa shape index (κ3) is 3.92. The van der Waals surface area contributed by atoms with Gasteiger partial charge in [-0.15, -0.1) is 11.3 Å². The van der Waals surface area contributed by atoms with Crippen LogP contribution in [-0.2, 0) is 14.8 Å². The van der Waals surface area contributed by atoms with Crippen LogP contribution in [0.4, 0.5) is 0 Å². The second-order valence-corrected chi connectivity index (χ2v) is 10.7. The van der Waals surface area contributed by atoms with Crippen LogP contribution in [0.3, 0.4) is 0 Å². The molecule has 1 unspecified atom stereocenters. The van der Waals surface area contributed by atoms with E-state index in [0.29, 0.717) is 23.7 Å². The van der Waals surface area contributed by atoms with Gasteiger partial charge in [0, 0.05) is 24.5 Å². The fourth-order valence-corrected chi connectivity index (χ4v) is 6.81. The van der Waals surface area contributed by atoms with Crippen molar-refractivity contribution in [1.29, 1.82) is 0 Å². The molecule has 1 aliphatic carbocycles. The predicted octanol–water partition coefficient (Wildman–Crippen LogP) is 1.84. The van der Waals surface area contributed by atoms with E-state index in [1.807, 2.05) is 13.0 Å². The number of thiophene rings is 1. The molecule has 1 aromatic heterocycles. The van der Waals surface area contributed by atoms with Crippen molar-refractivity contribution >= 4 is 27.3 Å². The quantitative estimate of drug-likeness (QED) is 0.809. The first-order chi connectivity index (χ1) is 11.9. The number of piperidine rings is 1. The van der Waals surface area contributed by atoms with Crippen molar-refractivity contribution in [3.63, 3.8) is 0 Å². The molecule has 1 aliphatic heterocycles. The Morgan fingerprint density at radius 1 is 1.36 bits per heavy atom. The van der Waals surface area contributed by atoms with Gasteiger partial charge in [-0.2, -0.15) is 4.31 Å². The molecule has 0 bridgehead atoms. The number of amides is 1. The lowest BCUT2D eigenvalue weighted by Gasteiger charge is -2.35. The molecule has 3 N–H and O–H groups in total. The van der Waals surface area contributed by atoms with Gasteiger partial charge in [0.2, 0.25) is 5.91 Å². The van der Waals surface area contributed by atoms with Crippen molar-refractivity contribution in [2.24, 2.45) is 11.7 Å². The van der Waals surface area contributed by atoms with Gasteiger partial charge in [-0.1, -0.05) is 12.8 Å². The monoisotopic (exact) mass is 385 g/mol. The van der Waals surface area contributed by atoms with Crippen molar-refractivity contribution in [2.45, 2.75) is 55.2 Å². The molecule has 0 radical (unpaired) electrons. The minimum Gasteiger partial charge on any atom is -0.349 e. The van der Waals surface area contributed by atoms with Gasteiger partial charge in [-0.3, -0.25) is 4.79 Å². The van der Waals surface area contributed by atoms with Gasteiger partial charge in [-0.25, -0.2) is 8.42 Å². The largest absolute Gasteiger partial charge is 0.349 e. The Morgan fingerprint density at radius 2 is 2.08 bits per heavy atom. The average Bonchev–Trinajstić information content (AvgIpc) is 3.25. The summed E-state index contributed by atoms with van der Waals surface area (Å²) < 4.78 is 27.5. The summed E-state index contributed by atoms with van der Waals surface area (Å²) in [7, 11) is -3.51. The van der Waals surface area contributed by atoms with Gasteiger partial charge in [0.25, 0.3) is 10.0 Å². The Kier molecular flexibility index (Phi) is 5.53. The van der Waals surface area contributed by atoms with Crippen LogP contribution in [0.1, 0.15) is 43.4 Å². The van der Waals surface area contributed by atoms with Gasteiger partial charge in [0.05, 0.1) is 11.5 Å². The van der Waals surface area contributed by atoms with Gasteiger partial charge in [-0.05, 0) is 44.7 Å². The highest BCUT2D eigenvalue weighted by molar-refractivity contribution is 7.91. The summed E-state index contributed by atoms with van der Waals surface area (Å²) in [6.45, 7) is 3.07. The third-order valence-corrected chi connectivity index (χ3v) is 8.74. The molecule has 0 spiro atoms. The fourth-order valence-electron chi connectivity index (χ4n) is 3.85. The minimum atomic E-state index is -3.51. The molecule has 0 aromatic carbocycles. The van der Waals surface area contributed by atoms with Gasteiger partial charge < -0.3 is 11.1 Å². The number of aryl methyl sites for hydroxylation is 1. The Bertz CT molecular complexity index is 723. The van der Waals surface area contributed by atoms with Crippen LogP contribution >= 0.6 is 11.3 Å². The number of rotatable bonds is 5. The Labute approximate surface area is 153 Å². The van der Waals surface area contributed by atoms with Crippen molar-refractivity contribution < 1.29 is 13.2 Å². The topological polar surface area (TPSA) is 92.5 Å². The lowest BCUT2D eigenvalue weighted by atomic mass is 9.93. The zero-order chi connectivity index (χ0) is 18.1. The number of nitrogens with two attached hydrogens (primary N) is 1. The summed E-state index contributed by atoms with van der Waals surface area (Å²) in [5.41, 5.74) is 5.61. The number of sulfonamides is 1. The molecule has 2 heterocycles. The summed E-state index contributed by atoms with van der Waals surface area (Å²) in [4.78, 5) is 13.7. The second-order valence-electron chi connectivity index (χ2n) is 7.25. The van der Waals surface area contributed by atoms with E-state index in [4.69, 9.17) is 5.73 Å². The van der Waals surface area contributed by atoms with E-state index < -0.39 is 10.0 Å². The zero-order valence-electron chi connectivity index (χ0n) is 14.7. The smallest absolute Gasteiger partial charge is 0.252 e. The van der Waals surface area contributed by atoms with E-state index in [1.165, 1.54) is 15.6 Å². The molecule has 2 aliphatic rings. The van der Waals surface area contributed by atoms with Gasteiger partial charge in [0.1, 0.15) is 4.21 Å². The first-order valence-electron chi connectivity index (χ1n) is 8.95. The SMILES string of the molecule is Cc1ccc(S(=O)(=O)N2CCCC(C(=O)NC3(CN)CCCC3)C2)s1. The first kappa shape index (κ1) is 18.8. The molecule has 3 rings (SSSR count). The van der Waals surface area contributed by atoms with E-state index in [9.17, 15) is 13.2 Å². The molecular weight excluding hydrogens is 358 g/mol. The molecule has 1 atom stereocenters. The fraction of sp³-hybridized carbons (Fsp3) is 0.706. The standard InChI is InChI=1S/C17H27N3O3S2/c1-13-6-7-15(24-13)25(22,23)20-10-4-5-14(11-20)16(21)19-17(12-18)8-2-3-9-17/h6-7,14H,2-5,8-12,18H2,1H3,(H,19,21). The number of carbonyl (C=O) groups excluding carboxylic acids is 1. The summed E-state index contributed by atoms with van der Waals surface area (Å²) in [5, 5.41) is 3.14. The van der Waals surface area contributed by atoms with Crippen LogP contribution in [0.25, 0.3) is 0 Å². The van der Waals surface area contributed by atoms with Crippen LogP contribution in [-0.4, -0.2) is 43.8 Å². The number of carbonyl (C=O) groups is 1. The highest BCUT2D eigenvalue weighted by atomic mass is 32.2. The first-order valence-corrected chi connectivity index (χ1v) is 11.2. The van der Waals surface area contributed by atoms with E-state index in [1.54, 1.807) is 6.07 Å². The Morgan fingerprint density at radius 3 is 2.68 bits per heavy atom. The average molecular weight is 386 g/mol. The van der Waals surface area contributed by atoms with Crippen LogP contribution in [0.15, 0.2) is 16.3 Å². The highest BCUT2D eigenvalue weighted by Gasteiger charge is 2.38. The molecule has 1 aromatic rings. The molecule has 8 heteroatoms. The zero-order valence-corrected chi connectivity index (χ0v) is 16.3. The second kappa shape index (κ2) is 7.34. The van der Waals surface area contributed by atoms with Crippen LogP contribution in [0.5, 0.6) is 0 Å². The minimum absolute atomic E-state index is 0.0467.